The number of nitrogens with two attached hydrogens (primary N) is 1. The number of rotatable bonds is 1. The van der Waals surface area contributed by atoms with E-state index in [0.29, 0.717) is 11.3 Å². The van der Waals surface area contributed by atoms with Crippen LogP contribution < -0.4 is 5.73 Å². The monoisotopic (exact) mass is 113 g/mol. The maximum atomic E-state index is 8.69. The van der Waals surface area contributed by atoms with Crippen LogP contribution in [0.15, 0.2) is 23.6 Å². The molecule has 2 heteroatoms. The lowest BCUT2D eigenvalue weighted by Crippen LogP contribution is -2.00. The van der Waals surface area contributed by atoms with E-state index in [9.17, 15) is 0 Å². The molecule has 0 amide bonds. The Hall–Kier alpha value is -0.920. The minimum Gasteiger partial charge on any atom is -0.510 e. The standard InChI is InChI=1S/C6H11NO/c1-4(2)6(7)5(3)8/h8H,1,7H2,2-3H3/b6-5-. The molecule has 46 valence electrons. The van der Waals surface area contributed by atoms with Crippen LogP contribution in [0.4, 0.5) is 0 Å². The molecule has 0 aromatic carbocycles. The Labute approximate surface area is 49.3 Å². The van der Waals surface area contributed by atoms with Crippen LogP contribution in [0.5, 0.6) is 0 Å². The Morgan fingerprint density at radius 3 is 1.88 bits per heavy atom. The fraction of sp³-hybridized carbons (Fsp3) is 0.333. The van der Waals surface area contributed by atoms with Gasteiger partial charge < -0.3 is 10.8 Å². The largest absolute Gasteiger partial charge is 0.510 e. The molecule has 0 saturated heterocycles. The van der Waals surface area contributed by atoms with Crippen molar-refractivity contribution in [2.45, 2.75) is 13.8 Å². The first-order valence-corrected chi connectivity index (χ1v) is 2.37. The van der Waals surface area contributed by atoms with Crippen molar-refractivity contribution in [3.8, 4) is 0 Å². The predicted molar refractivity (Wildman–Crippen MR) is 34.3 cm³/mol. The highest BCUT2D eigenvalue weighted by Gasteiger charge is 1.92. The summed E-state index contributed by atoms with van der Waals surface area (Å²) in [6.45, 7) is 6.81. The molecule has 0 saturated carbocycles. The maximum absolute atomic E-state index is 8.69. The molecule has 0 unspecified atom stereocenters. The summed E-state index contributed by atoms with van der Waals surface area (Å²) in [5.74, 6) is 0.137. The van der Waals surface area contributed by atoms with E-state index < -0.39 is 0 Å². The van der Waals surface area contributed by atoms with Gasteiger partial charge in [0, 0.05) is 0 Å². The van der Waals surface area contributed by atoms with Crippen molar-refractivity contribution in [3.63, 3.8) is 0 Å². The molecule has 0 aromatic heterocycles. The van der Waals surface area contributed by atoms with Gasteiger partial charge in [0.25, 0.3) is 0 Å². The van der Waals surface area contributed by atoms with Gasteiger partial charge in [0.05, 0.1) is 5.70 Å². The maximum Gasteiger partial charge on any atom is 0.112 e. The van der Waals surface area contributed by atoms with Crippen LogP contribution in [0, 0.1) is 0 Å². The third-order valence-corrected chi connectivity index (χ3v) is 0.850. The fourth-order valence-corrected chi connectivity index (χ4v) is 0.309. The van der Waals surface area contributed by atoms with Gasteiger partial charge in [-0.25, -0.2) is 0 Å². The average molecular weight is 113 g/mol. The summed E-state index contributed by atoms with van der Waals surface area (Å²) in [7, 11) is 0. The predicted octanol–water partition coefficient (Wildman–Crippen LogP) is 1.31. The summed E-state index contributed by atoms with van der Waals surface area (Å²) in [5.41, 5.74) is 6.37. The molecule has 3 N–H and O–H groups in total. The molecule has 8 heavy (non-hydrogen) atoms. The van der Waals surface area contributed by atoms with Crippen LogP contribution in [0.25, 0.3) is 0 Å². The number of aliphatic hydroxyl groups is 1. The van der Waals surface area contributed by atoms with Gasteiger partial charge in [-0.1, -0.05) is 6.58 Å². The Balaban J connectivity index is 4.23. The first-order chi connectivity index (χ1) is 3.55. The van der Waals surface area contributed by atoms with Crippen LogP contribution >= 0.6 is 0 Å². The van der Waals surface area contributed by atoms with E-state index in [4.69, 9.17) is 10.8 Å². The van der Waals surface area contributed by atoms with Gasteiger partial charge in [0.2, 0.25) is 0 Å². The second kappa shape index (κ2) is 2.40. The van der Waals surface area contributed by atoms with Crippen molar-refractivity contribution in [1.82, 2.24) is 0 Å². The highest BCUT2D eigenvalue weighted by Crippen LogP contribution is 2.01. The molecule has 0 atom stereocenters. The quantitative estimate of drug-likeness (QED) is 0.398. The fourth-order valence-electron chi connectivity index (χ4n) is 0.309. The summed E-state index contributed by atoms with van der Waals surface area (Å²) in [5, 5.41) is 8.69. The number of hydrogen-bond acceptors (Lipinski definition) is 2. The van der Waals surface area contributed by atoms with Crippen molar-refractivity contribution < 1.29 is 5.11 Å². The molecule has 2 nitrogen and oxygen atoms in total. The van der Waals surface area contributed by atoms with E-state index in [-0.39, 0.29) is 5.76 Å². The number of hydrogen-bond donors (Lipinski definition) is 2. The molecular weight excluding hydrogens is 102 g/mol. The van der Waals surface area contributed by atoms with Crippen LogP contribution in [-0.2, 0) is 0 Å². The van der Waals surface area contributed by atoms with E-state index in [1.165, 1.54) is 6.92 Å². The van der Waals surface area contributed by atoms with Gasteiger partial charge in [0.15, 0.2) is 0 Å². The van der Waals surface area contributed by atoms with E-state index >= 15 is 0 Å². The molecule has 0 rings (SSSR count). The van der Waals surface area contributed by atoms with Crippen LogP contribution in [0.2, 0.25) is 0 Å². The minimum atomic E-state index is 0.137. The van der Waals surface area contributed by atoms with Crippen molar-refractivity contribution in [2.75, 3.05) is 0 Å². The lowest BCUT2D eigenvalue weighted by Gasteiger charge is -1.98. The molecular formula is C6H11NO. The van der Waals surface area contributed by atoms with Crippen LogP contribution in [-0.4, -0.2) is 5.11 Å². The number of aliphatic hydroxyl groups excluding tert-OH is 1. The summed E-state index contributed by atoms with van der Waals surface area (Å²) < 4.78 is 0. The molecule has 0 fully saturated rings. The Morgan fingerprint density at radius 1 is 1.50 bits per heavy atom. The highest BCUT2D eigenvalue weighted by atomic mass is 16.3. The SMILES string of the molecule is C=C(C)/C(N)=C(\C)O. The first kappa shape index (κ1) is 7.08. The smallest absolute Gasteiger partial charge is 0.112 e. The van der Waals surface area contributed by atoms with E-state index in [1.54, 1.807) is 6.92 Å². The molecule has 0 aliphatic carbocycles. The van der Waals surface area contributed by atoms with Gasteiger partial charge in [-0.2, -0.15) is 0 Å². The topological polar surface area (TPSA) is 46.2 Å². The molecule has 0 aromatic rings. The van der Waals surface area contributed by atoms with E-state index in [0.717, 1.165) is 0 Å². The lowest BCUT2D eigenvalue weighted by atomic mass is 10.2. The zero-order valence-electron chi connectivity index (χ0n) is 5.23. The Kier molecular flexibility index (Phi) is 2.13. The minimum absolute atomic E-state index is 0.137. The van der Waals surface area contributed by atoms with Crippen LogP contribution in [0.3, 0.4) is 0 Å². The zero-order chi connectivity index (χ0) is 6.73. The summed E-state index contributed by atoms with van der Waals surface area (Å²) in [4.78, 5) is 0. The summed E-state index contributed by atoms with van der Waals surface area (Å²) in [6.07, 6.45) is 0. The third kappa shape index (κ3) is 1.69. The van der Waals surface area contributed by atoms with Crippen molar-refractivity contribution in [2.24, 2.45) is 5.73 Å². The second-order valence-corrected chi connectivity index (χ2v) is 1.78. The summed E-state index contributed by atoms with van der Waals surface area (Å²) >= 11 is 0. The normalized spacial score (nSPS) is 12.8. The average Bonchev–Trinajstić information content (AvgIpc) is 1.64. The lowest BCUT2D eigenvalue weighted by molar-refractivity contribution is 0.407. The Morgan fingerprint density at radius 2 is 1.88 bits per heavy atom. The first-order valence-electron chi connectivity index (χ1n) is 2.37. The van der Waals surface area contributed by atoms with Gasteiger partial charge in [-0.15, -0.1) is 0 Å². The summed E-state index contributed by atoms with van der Waals surface area (Å²) in [6, 6.07) is 0. The number of allylic oxidation sites excluding steroid dienone is 2. The van der Waals surface area contributed by atoms with E-state index in [1.807, 2.05) is 0 Å². The van der Waals surface area contributed by atoms with E-state index in [2.05, 4.69) is 6.58 Å². The molecule has 0 bridgehead atoms. The van der Waals surface area contributed by atoms with Gasteiger partial charge >= 0.3 is 0 Å². The van der Waals surface area contributed by atoms with Gasteiger partial charge in [-0.3, -0.25) is 0 Å². The highest BCUT2D eigenvalue weighted by molar-refractivity contribution is 5.24. The molecule has 0 heterocycles. The third-order valence-electron chi connectivity index (χ3n) is 0.850. The molecule has 0 aliphatic heterocycles. The van der Waals surface area contributed by atoms with Crippen molar-refractivity contribution in [1.29, 1.82) is 0 Å². The molecule has 0 radical (unpaired) electrons. The molecule has 0 aliphatic rings. The molecule has 0 spiro atoms. The second-order valence-electron chi connectivity index (χ2n) is 1.78. The van der Waals surface area contributed by atoms with Crippen LogP contribution in [0.1, 0.15) is 13.8 Å². The van der Waals surface area contributed by atoms with Gasteiger partial charge in [0.1, 0.15) is 5.76 Å². The van der Waals surface area contributed by atoms with Crippen molar-refractivity contribution >= 4 is 0 Å². The van der Waals surface area contributed by atoms with Crippen molar-refractivity contribution in [3.05, 3.63) is 23.6 Å². The Bertz CT molecular complexity index is 131. The zero-order valence-corrected chi connectivity index (χ0v) is 5.23. The van der Waals surface area contributed by atoms with Gasteiger partial charge in [-0.05, 0) is 19.4 Å².